The van der Waals surface area contributed by atoms with Crippen LogP contribution in [-0.2, 0) is 0 Å². The quantitative estimate of drug-likeness (QED) is 0.413. The van der Waals surface area contributed by atoms with Gasteiger partial charge in [-0.15, -0.1) is 5.10 Å². The molecule has 0 aliphatic carbocycles. The lowest BCUT2D eigenvalue weighted by Crippen LogP contribution is -2.21. The summed E-state index contributed by atoms with van der Waals surface area (Å²) in [7, 11) is 0. The Morgan fingerprint density at radius 2 is 1.93 bits per heavy atom. The summed E-state index contributed by atoms with van der Waals surface area (Å²) in [4.78, 5) is 0. The summed E-state index contributed by atoms with van der Waals surface area (Å²) >= 11 is 0. The number of hydrogen-bond donors (Lipinski definition) is 2. The maximum atomic E-state index is 5.12. The van der Waals surface area contributed by atoms with E-state index in [9.17, 15) is 0 Å². The van der Waals surface area contributed by atoms with E-state index < -0.39 is 0 Å². The Hall–Kier alpha value is -1.84. The highest BCUT2D eigenvalue weighted by Gasteiger charge is 1.92. The fourth-order valence-corrected chi connectivity index (χ4v) is 1.01. The van der Waals surface area contributed by atoms with Crippen molar-refractivity contribution < 1.29 is 0 Å². The second kappa shape index (κ2) is 4.41. The molecule has 0 saturated heterocycles. The van der Waals surface area contributed by atoms with E-state index >= 15 is 0 Å². The Balaban J connectivity index is 2.83. The maximum absolute atomic E-state index is 5.12. The lowest BCUT2D eigenvalue weighted by Gasteiger charge is -1.99. The second-order valence-corrected chi connectivity index (χ2v) is 3.11. The van der Waals surface area contributed by atoms with Crippen LogP contribution in [0.3, 0.4) is 0 Å². The van der Waals surface area contributed by atoms with Crippen molar-refractivity contribution in [3.63, 3.8) is 0 Å². The largest absolute Gasteiger partial charge is 0.369 e. The van der Waals surface area contributed by atoms with E-state index in [0.29, 0.717) is 0 Å². The molecule has 14 heavy (non-hydrogen) atoms. The van der Waals surface area contributed by atoms with Gasteiger partial charge in [0.2, 0.25) is 5.96 Å². The van der Waals surface area contributed by atoms with Crippen molar-refractivity contribution in [2.24, 2.45) is 21.7 Å². The van der Waals surface area contributed by atoms with Gasteiger partial charge in [0.05, 0.1) is 6.21 Å². The first-order valence-corrected chi connectivity index (χ1v) is 4.29. The fraction of sp³-hybridized carbons (Fsp3) is 0.200. The van der Waals surface area contributed by atoms with Gasteiger partial charge in [0, 0.05) is 0 Å². The molecular weight excluding hydrogens is 176 g/mol. The Bertz CT molecular complexity index is 376. The minimum absolute atomic E-state index is 0.0370. The summed E-state index contributed by atoms with van der Waals surface area (Å²) in [5.41, 5.74) is 13.7. The summed E-state index contributed by atoms with van der Waals surface area (Å²) in [6.45, 7) is 4.11. The van der Waals surface area contributed by atoms with Crippen molar-refractivity contribution in [3.05, 3.63) is 34.9 Å². The second-order valence-electron chi connectivity index (χ2n) is 3.11. The predicted molar refractivity (Wildman–Crippen MR) is 59.3 cm³/mol. The zero-order chi connectivity index (χ0) is 10.6. The first-order chi connectivity index (χ1) is 6.59. The first-order valence-electron chi connectivity index (χ1n) is 4.29. The van der Waals surface area contributed by atoms with Gasteiger partial charge in [0.25, 0.3) is 0 Å². The summed E-state index contributed by atoms with van der Waals surface area (Å²) in [5.74, 6) is -0.0370. The number of nitrogens with two attached hydrogens (primary N) is 2. The molecule has 0 spiro atoms. The van der Waals surface area contributed by atoms with Crippen molar-refractivity contribution in [2.45, 2.75) is 13.8 Å². The van der Waals surface area contributed by atoms with Gasteiger partial charge in [-0.2, -0.15) is 5.10 Å². The highest BCUT2D eigenvalue weighted by molar-refractivity contribution is 5.81. The molecule has 0 unspecified atom stereocenters. The van der Waals surface area contributed by atoms with E-state index in [1.54, 1.807) is 6.21 Å². The molecule has 1 aromatic rings. The van der Waals surface area contributed by atoms with Crippen LogP contribution in [0.4, 0.5) is 0 Å². The molecule has 74 valence electrons. The van der Waals surface area contributed by atoms with Crippen LogP contribution < -0.4 is 11.5 Å². The molecule has 0 aromatic heterocycles. The van der Waals surface area contributed by atoms with Gasteiger partial charge >= 0.3 is 0 Å². The van der Waals surface area contributed by atoms with Crippen molar-refractivity contribution in [3.8, 4) is 0 Å². The zero-order valence-corrected chi connectivity index (χ0v) is 8.36. The van der Waals surface area contributed by atoms with Gasteiger partial charge < -0.3 is 11.5 Å². The third kappa shape index (κ3) is 2.90. The Morgan fingerprint density at radius 3 is 2.50 bits per heavy atom. The number of aryl methyl sites for hydroxylation is 2. The predicted octanol–water partition coefficient (Wildman–Crippen LogP) is 0.911. The number of guanidine groups is 1. The number of benzene rings is 1. The summed E-state index contributed by atoms with van der Waals surface area (Å²) in [6.07, 6.45) is 1.62. The highest BCUT2D eigenvalue weighted by atomic mass is 15.3. The van der Waals surface area contributed by atoms with Crippen molar-refractivity contribution in [1.29, 1.82) is 0 Å². The molecule has 0 aliphatic rings. The summed E-state index contributed by atoms with van der Waals surface area (Å²) in [5, 5.41) is 7.24. The third-order valence-corrected chi connectivity index (χ3v) is 1.91. The monoisotopic (exact) mass is 190 g/mol. The van der Waals surface area contributed by atoms with E-state index in [-0.39, 0.29) is 5.96 Å². The molecule has 0 amide bonds. The molecular formula is C10H14N4. The molecule has 0 aliphatic heterocycles. The average Bonchev–Trinajstić information content (AvgIpc) is 2.10. The third-order valence-electron chi connectivity index (χ3n) is 1.91. The molecule has 0 bridgehead atoms. The smallest absolute Gasteiger partial charge is 0.211 e. The van der Waals surface area contributed by atoms with Crippen LogP contribution in [0.2, 0.25) is 0 Å². The van der Waals surface area contributed by atoms with E-state index in [0.717, 1.165) is 5.56 Å². The standard InChI is InChI=1S/C10H14N4/c1-7-3-4-9(5-8(7)2)6-13-14-10(11)12/h3-6H,1-2H3,(H4,11,12,14)/b13-6+. The van der Waals surface area contributed by atoms with Gasteiger partial charge in [0.1, 0.15) is 0 Å². The molecule has 0 fully saturated rings. The van der Waals surface area contributed by atoms with Crippen LogP contribution >= 0.6 is 0 Å². The molecule has 1 rings (SSSR count). The van der Waals surface area contributed by atoms with E-state index in [1.165, 1.54) is 11.1 Å². The van der Waals surface area contributed by atoms with Crippen LogP contribution in [0.5, 0.6) is 0 Å². The first kappa shape index (κ1) is 10.2. The molecule has 0 radical (unpaired) electrons. The van der Waals surface area contributed by atoms with E-state index in [4.69, 9.17) is 11.5 Å². The van der Waals surface area contributed by atoms with Gasteiger partial charge in [-0.05, 0) is 30.5 Å². The summed E-state index contributed by atoms with van der Waals surface area (Å²) < 4.78 is 0. The minimum atomic E-state index is -0.0370. The van der Waals surface area contributed by atoms with E-state index in [1.807, 2.05) is 25.1 Å². The lowest BCUT2D eigenvalue weighted by molar-refractivity contribution is 1.21. The molecule has 4 N–H and O–H groups in total. The van der Waals surface area contributed by atoms with Crippen molar-refractivity contribution >= 4 is 12.2 Å². The van der Waals surface area contributed by atoms with Crippen molar-refractivity contribution in [1.82, 2.24) is 0 Å². The van der Waals surface area contributed by atoms with Crippen LogP contribution in [0.15, 0.2) is 28.4 Å². The zero-order valence-electron chi connectivity index (χ0n) is 8.36. The summed E-state index contributed by atoms with van der Waals surface area (Å²) in [6, 6.07) is 6.03. The number of hydrogen-bond acceptors (Lipinski definition) is 2. The average molecular weight is 190 g/mol. The normalized spacial score (nSPS) is 10.4. The molecule has 4 nitrogen and oxygen atoms in total. The molecule has 4 heteroatoms. The van der Waals surface area contributed by atoms with Crippen LogP contribution in [0, 0.1) is 13.8 Å². The Labute approximate surface area is 83.3 Å². The van der Waals surface area contributed by atoms with Crippen LogP contribution in [-0.4, -0.2) is 12.2 Å². The van der Waals surface area contributed by atoms with Gasteiger partial charge in [-0.1, -0.05) is 18.2 Å². The van der Waals surface area contributed by atoms with Crippen LogP contribution in [0.25, 0.3) is 0 Å². The highest BCUT2D eigenvalue weighted by Crippen LogP contribution is 2.07. The number of rotatable bonds is 2. The van der Waals surface area contributed by atoms with Crippen molar-refractivity contribution in [2.75, 3.05) is 0 Å². The fourth-order valence-electron chi connectivity index (χ4n) is 1.01. The van der Waals surface area contributed by atoms with Gasteiger partial charge in [-0.25, -0.2) is 0 Å². The minimum Gasteiger partial charge on any atom is -0.369 e. The Kier molecular flexibility index (Phi) is 3.23. The molecule has 0 heterocycles. The van der Waals surface area contributed by atoms with Gasteiger partial charge in [0.15, 0.2) is 0 Å². The van der Waals surface area contributed by atoms with Crippen LogP contribution in [0.1, 0.15) is 16.7 Å². The maximum Gasteiger partial charge on any atom is 0.211 e. The SMILES string of the molecule is Cc1ccc(/C=N/N=C(N)N)cc1C. The Morgan fingerprint density at radius 1 is 1.21 bits per heavy atom. The molecule has 0 atom stereocenters. The topological polar surface area (TPSA) is 76.8 Å². The van der Waals surface area contributed by atoms with Gasteiger partial charge in [-0.3, -0.25) is 0 Å². The lowest BCUT2D eigenvalue weighted by atomic mass is 10.1. The molecule has 0 saturated carbocycles. The number of nitrogens with zero attached hydrogens (tertiary/aromatic N) is 2. The van der Waals surface area contributed by atoms with E-state index in [2.05, 4.69) is 17.1 Å². The molecule has 1 aromatic carbocycles.